The molecule has 9 heteroatoms. The predicted molar refractivity (Wildman–Crippen MR) is 86.6 cm³/mol. The molecule has 0 radical (unpaired) electrons. The molecule has 2 rings (SSSR count). The van der Waals surface area contributed by atoms with Crippen molar-refractivity contribution in [2.75, 3.05) is 12.4 Å². The monoisotopic (exact) mass is 333 g/mol. The van der Waals surface area contributed by atoms with Crippen molar-refractivity contribution in [3.8, 4) is 5.75 Å². The van der Waals surface area contributed by atoms with Crippen molar-refractivity contribution in [3.05, 3.63) is 34.8 Å². The van der Waals surface area contributed by atoms with Gasteiger partial charge in [0, 0.05) is 6.92 Å². The third-order valence-electron chi connectivity index (χ3n) is 2.58. The highest BCUT2D eigenvalue weighted by molar-refractivity contribution is 7.15. The molecule has 1 aromatic heterocycles. The number of amides is 2. The van der Waals surface area contributed by atoms with Crippen LogP contribution in [0.25, 0.3) is 0 Å². The Kier molecular flexibility index (Phi) is 5.75. The number of rotatable bonds is 6. The topological polar surface area (TPSA) is 106 Å². The molecule has 0 aliphatic rings. The average Bonchev–Trinajstić information content (AvgIpc) is 2.94. The van der Waals surface area contributed by atoms with Gasteiger partial charge in [-0.15, -0.1) is 10.2 Å². The van der Waals surface area contributed by atoms with Crippen LogP contribution < -0.4 is 15.5 Å². The lowest BCUT2D eigenvalue weighted by atomic mass is 10.2. The Balaban J connectivity index is 1.83. The van der Waals surface area contributed by atoms with Crippen molar-refractivity contribution in [1.29, 1.82) is 0 Å². The highest BCUT2D eigenvalue weighted by atomic mass is 32.1. The van der Waals surface area contributed by atoms with Gasteiger partial charge >= 0.3 is 0 Å². The SMILES string of the molecule is COc1ccc(/C=N\NC(=O)Cc2nnc(NC(C)=O)s2)cc1. The van der Waals surface area contributed by atoms with Crippen molar-refractivity contribution in [2.45, 2.75) is 13.3 Å². The highest BCUT2D eigenvalue weighted by Gasteiger charge is 2.09. The van der Waals surface area contributed by atoms with Crippen LogP contribution in [0.1, 0.15) is 17.5 Å². The van der Waals surface area contributed by atoms with Gasteiger partial charge in [0.25, 0.3) is 0 Å². The summed E-state index contributed by atoms with van der Waals surface area (Å²) in [6.07, 6.45) is 1.57. The number of carbonyl (C=O) groups excluding carboxylic acids is 2. The van der Waals surface area contributed by atoms with Crippen molar-refractivity contribution in [3.63, 3.8) is 0 Å². The molecule has 0 unspecified atom stereocenters. The molecule has 1 heterocycles. The van der Waals surface area contributed by atoms with Gasteiger partial charge in [0.1, 0.15) is 10.8 Å². The lowest BCUT2D eigenvalue weighted by molar-refractivity contribution is -0.120. The highest BCUT2D eigenvalue weighted by Crippen LogP contribution is 2.15. The van der Waals surface area contributed by atoms with E-state index in [-0.39, 0.29) is 18.2 Å². The first kappa shape index (κ1) is 16.6. The number of nitrogens with one attached hydrogen (secondary N) is 2. The van der Waals surface area contributed by atoms with Crippen LogP contribution in [-0.2, 0) is 16.0 Å². The molecule has 1 aromatic carbocycles. The second kappa shape index (κ2) is 7.99. The van der Waals surface area contributed by atoms with Gasteiger partial charge in [0.15, 0.2) is 0 Å². The molecule has 0 saturated heterocycles. The van der Waals surface area contributed by atoms with Crippen LogP contribution in [0.2, 0.25) is 0 Å². The van der Waals surface area contributed by atoms with Crippen LogP contribution in [-0.4, -0.2) is 35.3 Å². The standard InChI is InChI=1S/C14H15N5O3S/c1-9(20)16-14-19-18-13(23-14)7-12(21)17-15-8-10-3-5-11(22-2)6-4-10/h3-6,8H,7H2,1-2H3,(H,17,21)(H,16,19,20)/b15-8-. The molecule has 2 amide bonds. The lowest BCUT2D eigenvalue weighted by Gasteiger charge is -1.99. The number of nitrogens with zero attached hydrogens (tertiary/aromatic N) is 3. The van der Waals surface area contributed by atoms with Crippen LogP contribution in [0, 0.1) is 0 Å². The van der Waals surface area contributed by atoms with Gasteiger partial charge in [-0.25, -0.2) is 5.43 Å². The molecule has 120 valence electrons. The van der Waals surface area contributed by atoms with Crippen LogP contribution in [0.3, 0.4) is 0 Å². The van der Waals surface area contributed by atoms with Crippen molar-refractivity contribution >= 4 is 34.5 Å². The maximum absolute atomic E-state index is 11.7. The Bertz CT molecular complexity index is 711. The first-order valence-corrected chi connectivity index (χ1v) is 7.44. The molecule has 0 spiro atoms. The number of hydrogen-bond acceptors (Lipinski definition) is 7. The van der Waals surface area contributed by atoms with Gasteiger partial charge in [0.05, 0.1) is 19.7 Å². The molecule has 0 aliphatic heterocycles. The van der Waals surface area contributed by atoms with Crippen LogP contribution in [0.4, 0.5) is 5.13 Å². The number of ether oxygens (including phenoxy) is 1. The number of aromatic nitrogens is 2. The third-order valence-corrected chi connectivity index (χ3v) is 3.42. The summed E-state index contributed by atoms with van der Waals surface area (Å²) in [5.41, 5.74) is 3.24. The quantitative estimate of drug-likeness (QED) is 0.610. The lowest BCUT2D eigenvalue weighted by Crippen LogP contribution is -2.19. The van der Waals surface area contributed by atoms with E-state index in [1.165, 1.54) is 13.1 Å². The van der Waals surface area contributed by atoms with E-state index < -0.39 is 0 Å². The predicted octanol–water partition coefficient (Wildman–Crippen LogP) is 1.20. The van der Waals surface area contributed by atoms with E-state index in [9.17, 15) is 9.59 Å². The fraction of sp³-hybridized carbons (Fsp3) is 0.214. The first-order valence-electron chi connectivity index (χ1n) is 6.63. The number of hydrazone groups is 1. The number of benzene rings is 1. The fourth-order valence-electron chi connectivity index (χ4n) is 1.57. The maximum atomic E-state index is 11.7. The van der Waals surface area contributed by atoms with E-state index in [1.54, 1.807) is 19.2 Å². The zero-order valence-electron chi connectivity index (χ0n) is 12.6. The minimum Gasteiger partial charge on any atom is -0.497 e. The Hall–Kier alpha value is -2.81. The zero-order valence-corrected chi connectivity index (χ0v) is 13.4. The number of anilines is 1. The van der Waals surface area contributed by atoms with E-state index >= 15 is 0 Å². The number of methoxy groups -OCH3 is 1. The normalized spacial score (nSPS) is 10.5. The van der Waals surface area contributed by atoms with Crippen molar-refractivity contribution in [1.82, 2.24) is 15.6 Å². The summed E-state index contributed by atoms with van der Waals surface area (Å²) in [6.45, 7) is 1.38. The van der Waals surface area contributed by atoms with E-state index in [2.05, 4.69) is 26.0 Å². The van der Waals surface area contributed by atoms with E-state index in [4.69, 9.17) is 4.74 Å². The minimum atomic E-state index is -0.319. The second-order valence-electron chi connectivity index (χ2n) is 4.43. The Morgan fingerprint density at radius 2 is 2.04 bits per heavy atom. The molecular weight excluding hydrogens is 318 g/mol. The van der Waals surface area contributed by atoms with Crippen LogP contribution in [0.5, 0.6) is 5.75 Å². The van der Waals surface area contributed by atoms with E-state index in [0.717, 1.165) is 22.6 Å². The van der Waals surface area contributed by atoms with Gasteiger partial charge in [-0.05, 0) is 29.8 Å². The Morgan fingerprint density at radius 1 is 1.30 bits per heavy atom. The van der Waals surface area contributed by atoms with Gasteiger partial charge < -0.3 is 10.1 Å². The van der Waals surface area contributed by atoms with Gasteiger partial charge in [-0.3, -0.25) is 9.59 Å². The summed E-state index contributed by atoms with van der Waals surface area (Å²) in [7, 11) is 1.59. The van der Waals surface area contributed by atoms with Gasteiger partial charge in [0.2, 0.25) is 16.9 Å². The largest absolute Gasteiger partial charge is 0.497 e. The van der Waals surface area contributed by atoms with Crippen LogP contribution in [0.15, 0.2) is 29.4 Å². The number of carbonyl (C=O) groups is 2. The third kappa shape index (κ3) is 5.47. The summed E-state index contributed by atoms with van der Waals surface area (Å²) >= 11 is 1.14. The average molecular weight is 333 g/mol. The van der Waals surface area contributed by atoms with E-state index in [0.29, 0.717) is 10.1 Å². The van der Waals surface area contributed by atoms with Gasteiger partial charge in [-0.2, -0.15) is 5.10 Å². The van der Waals surface area contributed by atoms with Crippen molar-refractivity contribution < 1.29 is 14.3 Å². The molecule has 23 heavy (non-hydrogen) atoms. The molecule has 0 atom stereocenters. The summed E-state index contributed by atoms with van der Waals surface area (Å²) in [5, 5.41) is 14.8. The van der Waals surface area contributed by atoms with Crippen molar-refractivity contribution in [2.24, 2.45) is 5.10 Å². The summed E-state index contributed by atoms with van der Waals surface area (Å²) < 4.78 is 5.05. The molecular formula is C14H15N5O3S. The summed E-state index contributed by atoms with van der Waals surface area (Å²) in [4.78, 5) is 22.6. The fourth-order valence-corrected chi connectivity index (χ4v) is 2.36. The summed E-state index contributed by atoms with van der Waals surface area (Å²) in [5.74, 6) is 0.193. The maximum Gasteiger partial charge on any atom is 0.247 e. The zero-order chi connectivity index (χ0) is 16.7. The molecule has 0 aliphatic carbocycles. The Morgan fingerprint density at radius 3 is 2.70 bits per heavy atom. The molecule has 0 bridgehead atoms. The summed E-state index contributed by atoms with van der Waals surface area (Å²) in [6, 6.07) is 7.24. The number of hydrogen-bond donors (Lipinski definition) is 2. The Labute approximate surface area is 136 Å². The molecule has 0 fully saturated rings. The van der Waals surface area contributed by atoms with Crippen LogP contribution >= 0.6 is 11.3 Å². The van der Waals surface area contributed by atoms with Gasteiger partial charge in [-0.1, -0.05) is 11.3 Å². The molecule has 2 aromatic rings. The molecule has 0 saturated carbocycles. The van der Waals surface area contributed by atoms with E-state index in [1.807, 2.05) is 12.1 Å². The molecule has 8 nitrogen and oxygen atoms in total. The second-order valence-corrected chi connectivity index (χ2v) is 5.49. The smallest absolute Gasteiger partial charge is 0.247 e. The first-order chi connectivity index (χ1) is 11.1. The minimum absolute atomic E-state index is 0.0389. The molecule has 2 N–H and O–H groups in total.